The number of carbonyl (C=O) groups excluding carboxylic acids is 2. The predicted octanol–water partition coefficient (Wildman–Crippen LogP) is 3.59. The lowest BCUT2D eigenvalue weighted by Gasteiger charge is -2.08. The number of anilines is 2. The van der Waals surface area contributed by atoms with Gasteiger partial charge in [0, 0.05) is 35.2 Å². The minimum Gasteiger partial charge on any atom is -0.479 e. The number of halogens is 1. The maximum Gasteiger partial charge on any atom is 0.262 e. The smallest absolute Gasteiger partial charge is 0.262 e. The van der Waals surface area contributed by atoms with Crippen molar-refractivity contribution in [1.29, 1.82) is 0 Å². The molecule has 2 N–H and O–H groups in total. The maximum atomic E-state index is 12.4. The quantitative estimate of drug-likeness (QED) is 0.704. The number of nitrogens with zero attached hydrogens (tertiary/aromatic N) is 2. The number of amides is 2. The topological polar surface area (TPSA) is 85.2 Å². The van der Waals surface area contributed by atoms with Crippen LogP contribution >= 0.6 is 11.6 Å². The molecule has 0 spiro atoms. The van der Waals surface area contributed by atoms with E-state index in [1.807, 2.05) is 0 Å². The Kier molecular flexibility index (Phi) is 5.42. The zero-order valence-electron chi connectivity index (χ0n) is 14.7. The van der Waals surface area contributed by atoms with Crippen molar-refractivity contribution < 1.29 is 14.3 Å². The molecule has 8 heteroatoms. The van der Waals surface area contributed by atoms with E-state index in [0.717, 1.165) is 0 Å². The number of aryl methyl sites for hydroxylation is 1. The van der Waals surface area contributed by atoms with Crippen LogP contribution < -0.4 is 15.4 Å². The molecule has 0 aliphatic rings. The van der Waals surface area contributed by atoms with Crippen LogP contribution in [-0.4, -0.2) is 28.7 Å². The molecule has 2 aromatic carbocycles. The van der Waals surface area contributed by atoms with E-state index in [-0.39, 0.29) is 17.7 Å². The van der Waals surface area contributed by atoms with Gasteiger partial charge in [-0.3, -0.25) is 14.3 Å². The number of methoxy groups -OCH3 is 1. The highest BCUT2D eigenvalue weighted by atomic mass is 35.5. The van der Waals surface area contributed by atoms with Crippen LogP contribution in [0.4, 0.5) is 11.4 Å². The molecule has 7 nitrogen and oxygen atoms in total. The Morgan fingerprint density at radius 1 is 1.04 bits per heavy atom. The molecule has 27 heavy (non-hydrogen) atoms. The molecule has 3 rings (SSSR count). The third-order valence-electron chi connectivity index (χ3n) is 3.72. The number of carbonyl (C=O) groups is 2. The summed E-state index contributed by atoms with van der Waals surface area (Å²) in [6.45, 7) is 0. The summed E-state index contributed by atoms with van der Waals surface area (Å²) in [5.41, 5.74) is 1.92. The van der Waals surface area contributed by atoms with Gasteiger partial charge in [0.05, 0.1) is 7.11 Å². The Morgan fingerprint density at radius 2 is 1.74 bits per heavy atom. The summed E-state index contributed by atoms with van der Waals surface area (Å²) in [7, 11) is 3.15. The van der Waals surface area contributed by atoms with Gasteiger partial charge < -0.3 is 15.4 Å². The number of hydrogen-bond donors (Lipinski definition) is 2. The highest BCUT2D eigenvalue weighted by molar-refractivity contribution is 6.31. The molecule has 0 aliphatic carbocycles. The average molecular weight is 385 g/mol. The molecule has 1 heterocycles. The maximum absolute atomic E-state index is 12.4. The zero-order valence-corrected chi connectivity index (χ0v) is 15.4. The van der Waals surface area contributed by atoms with Crippen LogP contribution in [0.3, 0.4) is 0 Å². The first-order chi connectivity index (χ1) is 13.0. The summed E-state index contributed by atoms with van der Waals surface area (Å²) >= 11 is 5.91. The molecule has 138 valence electrons. The first-order valence-corrected chi connectivity index (χ1v) is 8.40. The molecular weight excluding hydrogens is 368 g/mol. The van der Waals surface area contributed by atoms with Gasteiger partial charge in [0.2, 0.25) is 5.88 Å². The van der Waals surface area contributed by atoms with Crippen molar-refractivity contribution in [3.05, 3.63) is 70.9 Å². The number of benzene rings is 2. The Hall–Kier alpha value is -3.32. The van der Waals surface area contributed by atoms with Crippen molar-refractivity contribution in [1.82, 2.24) is 9.78 Å². The molecule has 0 radical (unpaired) electrons. The normalized spacial score (nSPS) is 10.3. The zero-order chi connectivity index (χ0) is 19.4. The Balaban J connectivity index is 1.67. The van der Waals surface area contributed by atoms with Crippen LogP contribution in [0.1, 0.15) is 20.7 Å². The first kappa shape index (κ1) is 18.5. The molecule has 0 saturated carbocycles. The van der Waals surface area contributed by atoms with Gasteiger partial charge in [-0.25, -0.2) is 0 Å². The lowest BCUT2D eigenvalue weighted by molar-refractivity contribution is 0.101. The van der Waals surface area contributed by atoms with Gasteiger partial charge in [-0.1, -0.05) is 17.7 Å². The van der Waals surface area contributed by atoms with Gasteiger partial charge in [0.1, 0.15) is 5.56 Å². The minimum absolute atomic E-state index is 0.243. The molecule has 0 aliphatic heterocycles. The third kappa shape index (κ3) is 4.45. The molecule has 0 fully saturated rings. The van der Waals surface area contributed by atoms with Gasteiger partial charge in [0.25, 0.3) is 11.8 Å². The minimum atomic E-state index is -0.351. The number of nitrogens with one attached hydrogen (secondary N) is 2. The van der Waals surface area contributed by atoms with E-state index in [9.17, 15) is 9.59 Å². The van der Waals surface area contributed by atoms with Crippen LogP contribution in [0.5, 0.6) is 5.88 Å². The Labute approximate surface area is 160 Å². The second kappa shape index (κ2) is 7.92. The third-order valence-corrected chi connectivity index (χ3v) is 3.96. The number of rotatable bonds is 5. The highest BCUT2D eigenvalue weighted by Crippen LogP contribution is 2.19. The van der Waals surface area contributed by atoms with Crippen molar-refractivity contribution in [2.24, 2.45) is 7.05 Å². The molecule has 0 unspecified atom stereocenters. The second-order valence-corrected chi connectivity index (χ2v) is 6.16. The fourth-order valence-electron chi connectivity index (χ4n) is 2.45. The number of ether oxygens (including phenoxy) is 1. The number of hydrogen-bond acceptors (Lipinski definition) is 4. The van der Waals surface area contributed by atoms with E-state index in [2.05, 4.69) is 15.7 Å². The summed E-state index contributed by atoms with van der Waals surface area (Å²) in [4.78, 5) is 24.7. The van der Waals surface area contributed by atoms with Gasteiger partial charge in [0.15, 0.2) is 0 Å². The second-order valence-electron chi connectivity index (χ2n) is 5.72. The van der Waals surface area contributed by atoms with Crippen LogP contribution in [0, 0.1) is 0 Å². The molecule has 3 aromatic rings. The van der Waals surface area contributed by atoms with Crippen molar-refractivity contribution >= 4 is 34.8 Å². The van der Waals surface area contributed by atoms with E-state index in [4.69, 9.17) is 16.3 Å². The van der Waals surface area contributed by atoms with Gasteiger partial charge >= 0.3 is 0 Å². The lowest BCUT2D eigenvalue weighted by Crippen LogP contribution is -2.14. The fraction of sp³-hybridized carbons (Fsp3) is 0.105. The van der Waals surface area contributed by atoms with E-state index in [1.54, 1.807) is 61.8 Å². The van der Waals surface area contributed by atoms with Crippen LogP contribution in [0.2, 0.25) is 5.02 Å². The van der Waals surface area contributed by atoms with Gasteiger partial charge in [-0.2, -0.15) is 0 Å². The van der Waals surface area contributed by atoms with Crippen LogP contribution in [-0.2, 0) is 7.05 Å². The van der Waals surface area contributed by atoms with E-state index in [1.165, 1.54) is 11.8 Å². The number of aromatic nitrogens is 2. The average Bonchev–Trinajstić information content (AvgIpc) is 3.03. The van der Waals surface area contributed by atoms with Gasteiger partial charge in [-0.05, 0) is 42.5 Å². The highest BCUT2D eigenvalue weighted by Gasteiger charge is 2.16. The molecular formula is C19H17ClN4O3. The standard InChI is InChI=1S/C19H17ClN4O3/c1-24-11-16(19(23-24)27-2)18(26)21-14-8-6-12(7-9-14)17(25)22-15-5-3-4-13(20)10-15/h3-11H,1-2H3,(H,21,26)(H,22,25). The fourth-order valence-corrected chi connectivity index (χ4v) is 2.64. The summed E-state index contributed by atoms with van der Waals surface area (Å²) < 4.78 is 6.58. The van der Waals surface area contributed by atoms with Crippen LogP contribution in [0.25, 0.3) is 0 Å². The first-order valence-electron chi connectivity index (χ1n) is 8.02. The SMILES string of the molecule is COc1nn(C)cc1C(=O)Nc1ccc(C(=O)Nc2cccc(Cl)c2)cc1. The summed E-state index contributed by atoms with van der Waals surface area (Å²) in [5.74, 6) is -0.382. The summed E-state index contributed by atoms with van der Waals surface area (Å²) in [6.07, 6.45) is 1.57. The molecule has 0 atom stereocenters. The lowest BCUT2D eigenvalue weighted by atomic mass is 10.2. The van der Waals surface area contributed by atoms with Crippen molar-refractivity contribution in [3.8, 4) is 5.88 Å². The Bertz CT molecular complexity index is 983. The van der Waals surface area contributed by atoms with Gasteiger partial charge in [-0.15, -0.1) is 5.10 Å². The monoisotopic (exact) mass is 384 g/mol. The van der Waals surface area contributed by atoms with Crippen LogP contribution in [0.15, 0.2) is 54.7 Å². The Morgan fingerprint density at radius 3 is 2.41 bits per heavy atom. The van der Waals surface area contributed by atoms with E-state index < -0.39 is 0 Å². The molecule has 0 saturated heterocycles. The largest absolute Gasteiger partial charge is 0.479 e. The molecule has 1 aromatic heterocycles. The van der Waals surface area contributed by atoms with E-state index in [0.29, 0.717) is 27.5 Å². The van der Waals surface area contributed by atoms with Crippen molar-refractivity contribution in [2.45, 2.75) is 0 Å². The molecule has 2 amide bonds. The predicted molar refractivity (Wildman–Crippen MR) is 104 cm³/mol. The summed E-state index contributed by atoms with van der Waals surface area (Å²) in [5, 5.41) is 10.1. The van der Waals surface area contributed by atoms with E-state index >= 15 is 0 Å². The summed E-state index contributed by atoms with van der Waals surface area (Å²) in [6, 6.07) is 13.4. The van der Waals surface area contributed by atoms with Crippen molar-refractivity contribution in [3.63, 3.8) is 0 Å². The molecule has 0 bridgehead atoms. The van der Waals surface area contributed by atoms with Crippen molar-refractivity contribution in [2.75, 3.05) is 17.7 Å².